The fraction of sp³-hybridized carbons (Fsp3) is 0.250. The molecular formula is C12H15ClN2O. The number of nitrogens with one attached hydrogen (secondary N) is 1. The van der Waals surface area contributed by atoms with Crippen LogP contribution in [0.1, 0.15) is 15.9 Å². The topological polar surface area (TPSA) is 55.1 Å². The van der Waals surface area contributed by atoms with Crippen LogP contribution < -0.4 is 11.1 Å². The first kappa shape index (κ1) is 12.7. The van der Waals surface area contributed by atoms with Gasteiger partial charge in [0.05, 0.1) is 6.54 Å². The summed E-state index contributed by atoms with van der Waals surface area (Å²) in [6.07, 6.45) is 0.686. The van der Waals surface area contributed by atoms with Crippen LogP contribution in [-0.2, 0) is 6.42 Å². The van der Waals surface area contributed by atoms with Crippen molar-refractivity contribution in [2.75, 3.05) is 13.1 Å². The number of benzene rings is 1. The molecule has 0 aliphatic carbocycles. The number of rotatable bonds is 5. The van der Waals surface area contributed by atoms with Crippen molar-refractivity contribution in [1.82, 2.24) is 5.32 Å². The van der Waals surface area contributed by atoms with Gasteiger partial charge in [-0.3, -0.25) is 4.79 Å². The predicted molar refractivity (Wildman–Crippen MR) is 66.5 cm³/mol. The Labute approximate surface area is 100 Å². The molecule has 0 atom stereocenters. The van der Waals surface area contributed by atoms with Gasteiger partial charge in [-0.05, 0) is 24.6 Å². The number of amides is 1. The maximum absolute atomic E-state index is 11.8. The molecule has 0 bridgehead atoms. The highest BCUT2D eigenvalue weighted by Gasteiger charge is 2.09. The molecule has 4 heteroatoms. The average Bonchev–Trinajstić information content (AvgIpc) is 2.27. The van der Waals surface area contributed by atoms with Crippen LogP contribution in [-0.4, -0.2) is 19.0 Å². The van der Waals surface area contributed by atoms with Crippen LogP contribution in [0.15, 0.2) is 35.9 Å². The molecule has 3 nitrogen and oxygen atoms in total. The van der Waals surface area contributed by atoms with Gasteiger partial charge in [-0.15, -0.1) is 0 Å². The molecule has 0 fully saturated rings. The van der Waals surface area contributed by atoms with Gasteiger partial charge in [-0.1, -0.05) is 36.4 Å². The third-order valence-corrected chi connectivity index (χ3v) is 2.25. The molecule has 3 N–H and O–H groups in total. The summed E-state index contributed by atoms with van der Waals surface area (Å²) in [6.45, 7) is 4.31. The van der Waals surface area contributed by atoms with E-state index in [1.807, 2.05) is 18.2 Å². The molecule has 0 heterocycles. The van der Waals surface area contributed by atoms with Gasteiger partial charge in [0.1, 0.15) is 0 Å². The van der Waals surface area contributed by atoms with Crippen molar-refractivity contribution in [2.24, 2.45) is 5.73 Å². The van der Waals surface area contributed by atoms with Crippen LogP contribution >= 0.6 is 11.6 Å². The molecule has 1 rings (SSSR count). The smallest absolute Gasteiger partial charge is 0.251 e. The zero-order valence-corrected chi connectivity index (χ0v) is 9.76. The van der Waals surface area contributed by atoms with E-state index in [4.69, 9.17) is 17.3 Å². The lowest BCUT2D eigenvalue weighted by Crippen LogP contribution is -2.25. The monoisotopic (exact) mass is 238 g/mol. The Morgan fingerprint density at radius 2 is 2.12 bits per heavy atom. The minimum absolute atomic E-state index is 0.147. The minimum atomic E-state index is -0.147. The van der Waals surface area contributed by atoms with Gasteiger partial charge in [-0.25, -0.2) is 0 Å². The second kappa shape index (κ2) is 6.30. The van der Waals surface area contributed by atoms with Crippen LogP contribution in [0.5, 0.6) is 0 Å². The Morgan fingerprint density at radius 1 is 1.44 bits per heavy atom. The van der Waals surface area contributed by atoms with Crippen LogP contribution in [0, 0.1) is 0 Å². The first-order chi connectivity index (χ1) is 7.65. The molecule has 0 radical (unpaired) electrons. The zero-order chi connectivity index (χ0) is 12.0. The summed E-state index contributed by atoms with van der Waals surface area (Å²) in [5, 5.41) is 3.09. The number of hydrogen-bond acceptors (Lipinski definition) is 2. The van der Waals surface area contributed by atoms with Crippen molar-refractivity contribution in [2.45, 2.75) is 6.42 Å². The Morgan fingerprint density at radius 3 is 2.75 bits per heavy atom. The second-order valence-corrected chi connectivity index (χ2v) is 3.93. The number of hydrogen-bond donors (Lipinski definition) is 2. The van der Waals surface area contributed by atoms with E-state index in [0.717, 1.165) is 5.56 Å². The lowest BCUT2D eigenvalue weighted by Gasteiger charge is -2.08. The molecule has 0 aliphatic heterocycles. The summed E-state index contributed by atoms with van der Waals surface area (Å²) in [5.74, 6) is -0.147. The van der Waals surface area contributed by atoms with Crippen molar-refractivity contribution in [1.29, 1.82) is 0 Å². The summed E-state index contributed by atoms with van der Waals surface area (Å²) in [4.78, 5) is 11.8. The minimum Gasteiger partial charge on any atom is -0.347 e. The van der Waals surface area contributed by atoms with E-state index in [1.54, 1.807) is 6.07 Å². The molecule has 0 aromatic heterocycles. The Hall–Kier alpha value is -1.32. The SMILES string of the molecule is C=C(Cl)CNC(=O)c1ccccc1CCN. The van der Waals surface area contributed by atoms with Gasteiger partial charge < -0.3 is 11.1 Å². The van der Waals surface area contributed by atoms with Crippen LogP contribution in [0.4, 0.5) is 0 Å². The number of halogens is 1. The molecule has 0 saturated heterocycles. The third kappa shape index (κ3) is 3.68. The summed E-state index contributed by atoms with van der Waals surface area (Å²) >= 11 is 5.58. The van der Waals surface area contributed by atoms with E-state index in [-0.39, 0.29) is 12.5 Å². The lowest BCUT2D eigenvalue weighted by molar-refractivity contribution is 0.0956. The highest BCUT2D eigenvalue weighted by atomic mass is 35.5. The molecular weight excluding hydrogens is 224 g/mol. The van der Waals surface area contributed by atoms with Gasteiger partial charge in [-0.2, -0.15) is 0 Å². The van der Waals surface area contributed by atoms with Gasteiger partial charge in [0.2, 0.25) is 0 Å². The van der Waals surface area contributed by atoms with E-state index < -0.39 is 0 Å². The molecule has 16 heavy (non-hydrogen) atoms. The summed E-state index contributed by atoms with van der Waals surface area (Å²) < 4.78 is 0. The average molecular weight is 239 g/mol. The summed E-state index contributed by atoms with van der Waals surface area (Å²) in [7, 11) is 0. The predicted octanol–water partition coefficient (Wildman–Crippen LogP) is 1.67. The second-order valence-electron chi connectivity index (χ2n) is 3.40. The van der Waals surface area contributed by atoms with E-state index >= 15 is 0 Å². The van der Waals surface area contributed by atoms with Crippen molar-refractivity contribution in [3.8, 4) is 0 Å². The molecule has 0 saturated carbocycles. The molecule has 86 valence electrons. The summed E-state index contributed by atoms with van der Waals surface area (Å²) in [5.41, 5.74) is 7.08. The zero-order valence-electron chi connectivity index (χ0n) is 9.00. The molecule has 0 unspecified atom stereocenters. The Kier molecular flexibility index (Phi) is 5.02. The molecule has 1 amide bonds. The van der Waals surface area contributed by atoms with Crippen LogP contribution in [0.25, 0.3) is 0 Å². The van der Waals surface area contributed by atoms with Crippen molar-refractivity contribution in [3.63, 3.8) is 0 Å². The first-order valence-corrected chi connectivity index (χ1v) is 5.42. The van der Waals surface area contributed by atoms with Crippen molar-refractivity contribution < 1.29 is 4.79 Å². The van der Waals surface area contributed by atoms with Gasteiger partial charge >= 0.3 is 0 Å². The Balaban J connectivity index is 2.77. The highest BCUT2D eigenvalue weighted by Crippen LogP contribution is 2.09. The number of nitrogens with two attached hydrogens (primary N) is 1. The lowest BCUT2D eigenvalue weighted by atomic mass is 10.0. The van der Waals surface area contributed by atoms with Crippen LogP contribution in [0.3, 0.4) is 0 Å². The van der Waals surface area contributed by atoms with E-state index in [9.17, 15) is 4.79 Å². The standard InChI is InChI=1S/C12H15ClN2O/c1-9(13)8-15-12(16)11-5-3-2-4-10(11)6-7-14/h2-5H,1,6-8,14H2,(H,15,16). The molecule has 1 aromatic rings. The van der Waals surface area contributed by atoms with Gasteiger partial charge in [0, 0.05) is 10.6 Å². The van der Waals surface area contributed by atoms with Crippen molar-refractivity contribution in [3.05, 3.63) is 47.0 Å². The van der Waals surface area contributed by atoms with Crippen LogP contribution in [0.2, 0.25) is 0 Å². The number of carbonyl (C=O) groups excluding carboxylic acids is 1. The maximum atomic E-state index is 11.8. The quantitative estimate of drug-likeness (QED) is 0.820. The third-order valence-electron chi connectivity index (χ3n) is 2.12. The maximum Gasteiger partial charge on any atom is 0.251 e. The van der Waals surface area contributed by atoms with Crippen molar-refractivity contribution >= 4 is 17.5 Å². The fourth-order valence-corrected chi connectivity index (χ4v) is 1.45. The molecule has 0 aliphatic rings. The van der Waals surface area contributed by atoms with E-state index in [0.29, 0.717) is 23.6 Å². The number of carbonyl (C=O) groups is 1. The fourth-order valence-electron chi connectivity index (χ4n) is 1.39. The largest absolute Gasteiger partial charge is 0.347 e. The molecule has 1 aromatic carbocycles. The highest BCUT2D eigenvalue weighted by molar-refractivity contribution is 6.29. The summed E-state index contributed by atoms with van der Waals surface area (Å²) in [6, 6.07) is 7.39. The molecule has 0 spiro atoms. The van der Waals surface area contributed by atoms with Gasteiger partial charge in [0.25, 0.3) is 5.91 Å². The first-order valence-electron chi connectivity index (χ1n) is 5.04. The van der Waals surface area contributed by atoms with Gasteiger partial charge in [0.15, 0.2) is 0 Å². The Bertz CT molecular complexity index is 390. The van der Waals surface area contributed by atoms with E-state index in [1.165, 1.54) is 0 Å². The van der Waals surface area contributed by atoms with E-state index in [2.05, 4.69) is 11.9 Å². The normalized spacial score (nSPS) is 9.88.